The predicted molar refractivity (Wildman–Crippen MR) is 155 cm³/mol. The van der Waals surface area contributed by atoms with Gasteiger partial charge in [0.25, 0.3) is 0 Å². The van der Waals surface area contributed by atoms with Crippen LogP contribution in [0.1, 0.15) is 161 Å². The Hall–Kier alpha value is -0.120. The van der Waals surface area contributed by atoms with E-state index in [0.29, 0.717) is 0 Å². The van der Waals surface area contributed by atoms with Crippen LogP contribution in [0.5, 0.6) is 0 Å². The molecule has 0 radical (unpaired) electrons. The standard InChI is InChI=1S/C34H61NO2/c36-33-22-14-28(15-23-33)8-6-26-10-18-31(19-11-26)35(30-4-2-1-3-5-30)32-20-12-27(13-21-32)7-9-29-16-24-34(37)25-17-29/h26-34,36-37H,1-25H2. The lowest BCUT2D eigenvalue weighted by Crippen LogP contribution is -2.52. The zero-order chi connectivity index (χ0) is 25.5. The molecule has 0 amide bonds. The van der Waals surface area contributed by atoms with Crippen LogP contribution in [-0.2, 0) is 0 Å². The Bertz CT molecular complexity index is 570. The lowest BCUT2D eigenvalue weighted by Gasteiger charge is -2.49. The summed E-state index contributed by atoms with van der Waals surface area (Å²) in [4.78, 5) is 3.16. The Labute approximate surface area is 229 Å². The fraction of sp³-hybridized carbons (Fsp3) is 1.00. The second-order valence-corrected chi connectivity index (χ2v) is 14.6. The predicted octanol–water partition coefficient (Wildman–Crippen LogP) is 8.40. The second kappa shape index (κ2) is 14.5. The maximum absolute atomic E-state index is 9.83. The Kier molecular flexibility index (Phi) is 11.1. The fourth-order valence-electron chi connectivity index (χ4n) is 9.55. The van der Waals surface area contributed by atoms with Gasteiger partial charge in [-0.15, -0.1) is 0 Å². The first-order chi connectivity index (χ1) is 18.1. The van der Waals surface area contributed by atoms with Crippen molar-refractivity contribution < 1.29 is 10.2 Å². The van der Waals surface area contributed by atoms with Gasteiger partial charge < -0.3 is 10.2 Å². The third kappa shape index (κ3) is 8.43. The lowest BCUT2D eigenvalue weighted by atomic mass is 9.75. The quantitative estimate of drug-likeness (QED) is 0.324. The molecule has 0 heterocycles. The molecular formula is C34H61NO2. The van der Waals surface area contributed by atoms with Crippen molar-refractivity contribution in [1.82, 2.24) is 4.90 Å². The molecule has 0 atom stereocenters. The molecule has 3 nitrogen and oxygen atoms in total. The third-order valence-corrected chi connectivity index (χ3v) is 12.1. The van der Waals surface area contributed by atoms with E-state index >= 15 is 0 Å². The number of rotatable bonds is 9. The largest absolute Gasteiger partial charge is 0.393 e. The summed E-state index contributed by atoms with van der Waals surface area (Å²) in [5.41, 5.74) is 0. The molecule has 5 saturated carbocycles. The highest BCUT2D eigenvalue weighted by Gasteiger charge is 2.37. The van der Waals surface area contributed by atoms with Gasteiger partial charge in [0.15, 0.2) is 0 Å². The highest BCUT2D eigenvalue weighted by Crippen LogP contribution is 2.41. The van der Waals surface area contributed by atoms with Gasteiger partial charge in [0.05, 0.1) is 12.2 Å². The molecule has 5 aliphatic rings. The molecule has 0 unspecified atom stereocenters. The highest BCUT2D eigenvalue weighted by atomic mass is 16.3. The van der Waals surface area contributed by atoms with Crippen LogP contribution in [0, 0.1) is 23.7 Å². The van der Waals surface area contributed by atoms with Crippen LogP contribution in [0.4, 0.5) is 0 Å². The van der Waals surface area contributed by atoms with Gasteiger partial charge in [-0.3, -0.25) is 4.90 Å². The Morgan fingerprint density at radius 3 is 1.00 bits per heavy atom. The number of hydrogen-bond donors (Lipinski definition) is 2. The summed E-state index contributed by atoms with van der Waals surface area (Å²) in [7, 11) is 0. The average Bonchev–Trinajstić information content (AvgIpc) is 2.95. The molecule has 0 aromatic heterocycles. The zero-order valence-corrected chi connectivity index (χ0v) is 24.2. The van der Waals surface area contributed by atoms with Crippen LogP contribution in [0.3, 0.4) is 0 Å². The van der Waals surface area contributed by atoms with Crippen LogP contribution in [0.25, 0.3) is 0 Å². The third-order valence-electron chi connectivity index (χ3n) is 12.1. The van der Waals surface area contributed by atoms with Crippen LogP contribution in [0.2, 0.25) is 0 Å². The molecular weight excluding hydrogens is 454 g/mol. The van der Waals surface area contributed by atoms with E-state index in [-0.39, 0.29) is 12.2 Å². The zero-order valence-electron chi connectivity index (χ0n) is 24.2. The number of nitrogens with zero attached hydrogens (tertiary/aromatic N) is 1. The van der Waals surface area contributed by atoms with E-state index in [4.69, 9.17) is 0 Å². The van der Waals surface area contributed by atoms with Crippen molar-refractivity contribution in [2.45, 2.75) is 191 Å². The van der Waals surface area contributed by atoms with E-state index in [2.05, 4.69) is 4.90 Å². The molecule has 5 rings (SSSR count). The molecule has 37 heavy (non-hydrogen) atoms. The van der Waals surface area contributed by atoms with Crippen molar-refractivity contribution in [1.29, 1.82) is 0 Å². The molecule has 0 aliphatic heterocycles. The minimum atomic E-state index is -0.000546. The van der Waals surface area contributed by atoms with Crippen molar-refractivity contribution in [2.24, 2.45) is 23.7 Å². The Balaban J connectivity index is 1.07. The van der Waals surface area contributed by atoms with Crippen LogP contribution in [-0.4, -0.2) is 45.4 Å². The van der Waals surface area contributed by atoms with Crippen LogP contribution < -0.4 is 0 Å². The first kappa shape index (κ1) is 28.4. The normalized spacial score (nSPS) is 40.6. The van der Waals surface area contributed by atoms with Crippen molar-refractivity contribution in [2.75, 3.05) is 0 Å². The van der Waals surface area contributed by atoms with Gasteiger partial charge in [-0.25, -0.2) is 0 Å². The van der Waals surface area contributed by atoms with Crippen molar-refractivity contribution >= 4 is 0 Å². The van der Waals surface area contributed by atoms with E-state index in [9.17, 15) is 10.2 Å². The summed E-state index contributed by atoms with van der Waals surface area (Å²) >= 11 is 0. The fourth-order valence-corrected chi connectivity index (χ4v) is 9.55. The molecule has 214 valence electrons. The molecule has 5 fully saturated rings. The topological polar surface area (TPSA) is 43.7 Å². The van der Waals surface area contributed by atoms with Crippen LogP contribution in [0.15, 0.2) is 0 Å². The molecule has 5 aliphatic carbocycles. The van der Waals surface area contributed by atoms with Crippen molar-refractivity contribution in [3.8, 4) is 0 Å². The van der Waals surface area contributed by atoms with E-state index in [0.717, 1.165) is 67.5 Å². The maximum atomic E-state index is 9.83. The number of aliphatic hydroxyl groups excluding tert-OH is 2. The molecule has 0 spiro atoms. The minimum Gasteiger partial charge on any atom is -0.393 e. The van der Waals surface area contributed by atoms with Gasteiger partial charge in [-0.1, -0.05) is 44.9 Å². The monoisotopic (exact) mass is 515 g/mol. The van der Waals surface area contributed by atoms with E-state index < -0.39 is 0 Å². The Morgan fingerprint density at radius 2 is 0.649 bits per heavy atom. The molecule has 0 saturated heterocycles. The van der Waals surface area contributed by atoms with Gasteiger partial charge in [-0.2, -0.15) is 0 Å². The maximum Gasteiger partial charge on any atom is 0.0540 e. The Morgan fingerprint density at radius 1 is 0.351 bits per heavy atom. The van der Waals surface area contributed by atoms with Gasteiger partial charge in [0.1, 0.15) is 0 Å². The second-order valence-electron chi connectivity index (χ2n) is 14.6. The summed E-state index contributed by atoms with van der Waals surface area (Å²) < 4.78 is 0. The van der Waals surface area contributed by atoms with Gasteiger partial charge in [-0.05, 0) is 139 Å². The SMILES string of the molecule is OC1CCC(CCC2CCC(N(C3CCCCC3)C3CCC(CCC4CCC(O)CC4)CC3)CC2)CC1. The molecule has 3 heteroatoms. The van der Waals surface area contributed by atoms with E-state index in [1.165, 1.54) is 135 Å². The van der Waals surface area contributed by atoms with Gasteiger partial charge in [0, 0.05) is 18.1 Å². The van der Waals surface area contributed by atoms with Crippen molar-refractivity contribution in [3.63, 3.8) is 0 Å². The van der Waals surface area contributed by atoms with E-state index in [1.807, 2.05) is 0 Å². The average molecular weight is 516 g/mol. The first-order valence-electron chi connectivity index (χ1n) is 17.3. The smallest absolute Gasteiger partial charge is 0.0540 e. The number of aliphatic hydroxyl groups is 2. The minimum absolute atomic E-state index is 0.000546. The summed E-state index contributed by atoms with van der Waals surface area (Å²) in [6.07, 6.45) is 34.3. The van der Waals surface area contributed by atoms with E-state index in [1.54, 1.807) is 0 Å². The molecule has 0 bridgehead atoms. The summed E-state index contributed by atoms with van der Waals surface area (Å²) in [5.74, 6) is 3.76. The molecule has 0 aromatic rings. The molecule has 2 N–H and O–H groups in total. The lowest BCUT2D eigenvalue weighted by molar-refractivity contribution is 0.00722. The van der Waals surface area contributed by atoms with Crippen LogP contribution >= 0.6 is 0 Å². The highest BCUT2D eigenvalue weighted by molar-refractivity contribution is 4.92. The number of hydrogen-bond acceptors (Lipinski definition) is 3. The summed E-state index contributed by atoms with van der Waals surface area (Å²) in [5, 5.41) is 19.7. The molecule has 0 aromatic carbocycles. The summed E-state index contributed by atoms with van der Waals surface area (Å²) in [6, 6.07) is 2.64. The summed E-state index contributed by atoms with van der Waals surface area (Å²) in [6.45, 7) is 0. The first-order valence-corrected chi connectivity index (χ1v) is 17.3. The van der Waals surface area contributed by atoms with Crippen molar-refractivity contribution in [3.05, 3.63) is 0 Å². The van der Waals surface area contributed by atoms with Gasteiger partial charge in [0.2, 0.25) is 0 Å². The van der Waals surface area contributed by atoms with Gasteiger partial charge >= 0.3 is 0 Å².